The maximum atomic E-state index is 12.8. The standard InChI is InChI=1S/C35H48N8O9/c1-34(2)17-21(18-35(3,4)43(34)50)16-27(45)52-15-14-51-13-5-6-25(44)11-12-26(32(48)49)40-30(46)22-7-9-23(10-8-22)37-19-24-20-38-29-28(39-24)31(47)42-33(36)41-29/h7-10,20-21,26,37,50H,5-6,11-19H2,1-4H3,(H,40,46)(H,48,49)(H3,36,38,41,42,47). The summed E-state index contributed by atoms with van der Waals surface area (Å²) in [6.07, 6.45) is 3.56. The van der Waals surface area contributed by atoms with Gasteiger partial charge in [-0.1, -0.05) is 0 Å². The van der Waals surface area contributed by atoms with E-state index in [1.165, 1.54) is 23.4 Å². The fourth-order valence-corrected chi connectivity index (χ4v) is 6.52. The molecule has 1 aromatic carbocycles. The van der Waals surface area contributed by atoms with Gasteiger partial charge in [0.1, 0.15) is 18.4 Å². The lowest BCUT2D eigenvalue weighted by Gasteiger charge is -2.51. The van der Waals surface area contributed by atoms with Crippen LogP contribution in [0.25, 0.3) is 11.2 Å². The van der Waals surface area contributed by atoms with Crippen molar-refractivity contribution >= 4 is 46.4 Å². The molecule has 282 valence electrons. The minimum Gasteiger partial charge on any atom is -0.480 e. The minimum atomic E-state index is -1.26. The normalized spacial score (nSPS) is 16.2. The number of H-pyrrole nitrogens is 1. The molecule has 0 aliphatic carbocycles. The summed E-state index contributed by atoms with van der Waals surface area (Å²) in [5, 5.41) is 27.0. The van der Waals surface area contributed by atoms with Crippen LogP contribution in [0.1, 0.15) is 88.7 Å². The molecule has 4 rings (SSSR count). The summed E-state index contributed by atoms with van der Waals surface area (Å²) in [7, 11) is 0. The molecule has 1 saturated heterocycles. The number of fused-ring (bicyclic) bond motifs is 1. The number of Topliss-reactive ketones (excluding diaryl/α,β-unsaturated/α-hetero) is 1. The molecule has 1 aliphatic heterocycles. The molecule has 17 nitrogen and oxygen atoms in total. The number of carboxylic acids is 1. The Morgan fingerprint density at radius 2 is 1.73 bits per heavy atom. The number of hydrogen-bond donors (Lipinski definition) is 6. The van der Waals surface area contributed by atoms with Crippen molar-refractivity contribution in [1.29, 1.82) is 0 Å². The number of rotatable bonds is 18. The number of ether oxygens (including phenoxy) is 2. The van der Waals surface area contributed by atoms with Crippen LogP contribution in [0, 0.1) is 5.92 Å². The van der Waals surface area contributed by atoms with Crippen LogP contribution in [0.5, 0.6) is 0 Å². The number of ketones is 1. The predicted molar refractivity (Wildman–Crippen MR) is 189 cm³/mol. The molecule has 7 N–H and O–H groups in total. The van der Waals surface area contributed by atoms with Gasteiger partial charge in [-0.15, -0.1) is 0 Å². The van der Waals surface area contributed by atoms with Gasteiger partial charge in [-0.2, -0.15) is 10.0 Å². The summed E-state index contributed by atoms with van der Waals surface area (Å²) < 4.78 is 10.8. The lowest BCUT2D eigenvalue weighted by atomic mass is 9.74. The van der Waals surface area contributed by atoms with Gasteiger partial charge in [-0.25, -0.2) is 14.8 Å². The number of carbonyl (C=O) groups excluding carboxylic acids is 3. The SMILES string of the molecule is CC1(C)CC(CC(=O)OCCOCCCC(=O)CCC(NC(=O)c2ccc(NCc3cnc4nc(N)[nH]c(=O)c4n3)cc2)C(=O)O)CC(C)(C)N1O. The Morgan fingerprint density at radius 1 is 1.04 bits per heavy atom. The number of nitrogens with two attached hydrogens (primary N) is 1. The zero-order chi connectivity index (χ0) is 38.1. The second-order valence-electron chi connectivity index (χ2n) is 14.2. The third-order valence-electron chi connectivity index (χ3n) is 8.84. The van der Waals surface area contributed by atoms with Gasteiger partial charge in [-0.05, 0) is 83.6 Å². The van der Waals surface area contributed by atoms with Crippen molar-refractivity contribution in [3.8, 4) is 0 Å². The van der Waals surface area contributed by atoms with Crippen molar-refractivity contribution in [3.05, 3.63) is 52.1 Å². The first-order chi connectivity index (χ1) is 24.5. The Labute approximate surface area is 300 Å². The summed E-state index contributed by atoms with van der Waals surface area (Å²) in [6.45, 7) is 8.57. The second-order valence-corrected chi connectivity index (χ2v) is 14.2. The number of esters is 1. The van der Waals surface area contributed by atoms with Gasteiger partial charge in [0.25, 0.3) is 11.5 Å². The number of nitrogens with one attached hydrogen (secondary N) is 3. The van der Waals surface area contributed by atoms with Crippen molar-refractivity contribution < 1.29 is 39.0 Å². The smallest absolute Gasteiger partial charge is 0.326 e. The molecule has 1 fully saturated rings. The van der Waals surface area contributed by atoms with Gasteiger partial charge in [0.05, 0.1) is 25.0 Å². The zero-order valence-electron chi connectivity index (χ0n) is 29.9. The summed E-state index contributed by atoms with van der Waals surface area (Å²) in [5.41, 5.74) is 5.65. The number of piperidine rings is 1. The Hall–Kier alpha value is -5.00. The van der Waals surface area contributed by atoms with Crippen LogP contribution in [0.2, 0.25) is 0 Å². The third kappa shape index (κ3) is 11.2. The first-order valence-corrected chi connectivity index (χ1v) is 17.2. The molecule has 0 bridgehead atoms. The average Bonchev–Trinajstić information content (AvgIpc) is 3.07. The summed E-state index contributed by atoms with van der Waals surface area (Å²) in [4.78, 5) is 76.1. The molecule has 3 aromatic rings. The molecule has 1 aliphatic rings. The topological polar surface area (TPSA) is 252 Å². The maximum Gasteiger partial charge on any atom is 0.326 e. The van der Waals surface area contributed by atoms with E-state index in [1.807, 2.05) is 27.7 Å². The molecule has 1 atom stereocenters. The van der Waals surface area contributed by atoms with Crippen LogP contribution in [0.15, 0.2) is 35.3 Å². The van der Waals surface area contributed by atoms with Gasteiger partial charge in [-0.3, -0.25) is 24.2 Å². The number of nitrogen functional groups attached to an aromatic ring is 1. The van der Waals surface area contributed by atoms with Crippen LogP contribution >= 0.6 is 0 Å². The first-order valence-electron chi connectivity index (χ1n) is 17.2. The monoisotopic (exact) mass is 724 g/mol. The molecule has 17 heteroatoms. The summed E-state index contributed by atoms with van der Waals surface area (Å²) in [6, 6.07) is 5.05. The maximum absolute atomic E-state index is 12.8. The highest BCUT2D eigenvalue weighted by molar-refractivity contribution is 5.97. The number of carboxylic acid groups (broad SMARTS) is 1. The average molecular weight is 725 g/mol. The number of aromatic nitrogens is 4. The molecular weight excluding hydrogens is 676 g/mol. The van der Waals surface area contributed by atoms with Crippen LogP contribution in [0.4, 0.5) is 11.6 Å². The molecule has 0 radical (unpaired) electrons. The van der Waals surface area contributed by atoms with E-state index in [4.69, 9.17) is 15.2 Å². The molecule has 52 heavy (non-hydrogen) atoms. The van der Waals surface area contributed by atoms with Crippen LogP contribution in [-0.4, -0.2) is 95.9 Å². The highest BCUT2D eigenvalue weighted by Gasteiger charge is 2.45. The van der Waals surface area contributed by atoms with Gasteiger partial charge in [0.2, 0.25) is 5.95 Å². The molecule has 1 unspecified atom stereocenters. The van der Waals surface area contributed by atoms with E-state index in [0.29, 0.717) is 30.6 Å². The summed E-state index contributed by atoms with van der Waals surface area (Å²) >= 11 is 0. The second kappa shape index (κ2) is 17.5. The number of hydroxylamine groups is 2. The number of carbonyl (C=O) groups is 4. The Kier molecular flexibility index (Phi) is 13.4. The number of benzene rings is 1. The quantitative estimate of drug-likeness (QED) is 0.0815. The molecule has 3 heterocycles. The van der Waals surface area contributed by atoms with Crippen LogP contribution in [-0.2, 0) is 30.4 Å². The Bertz CT molecular complexity index is 1780. The van der Waals surface area contributed by atoms with E-state index in [9.17, 15) is 34.3 Å². The fourth-order valence-electron chi connectivity index (χ4n) is 6.52. The number of aliphatic carboxylic acids is 1. The number of hydrogen-bond acceptors (Lipinski definition) is 14. The van der Waals surface area contributed by atoms with E-state index in [2.05, 4.69) is 30.6 Å². The number of anilines is 2. The van der Waals surface area contributed by atoms with Crippen molar-refractivity contribution in [2.75, 3.05) is 30.9 Å². The van der Waals surface area contributed by atoms with E-state index in [1.54, 1.807) is 12.1 Å². The highest BCUT2D eigenvalue weighted by atomic mass is 16.6. The van der Waals surface area contributed by atoms with E-state index in [0.717, 1.165) is 0 Å². The van der Waals surface area contributed by atoms with Gasteiger partial charge in [0, 0.05) is 48.2 Å². The molecule has 0 saturated carbocycles. The highest BCUT2D eigenvalue weighted by Crippen LogP contribution is 2.41. The van der Waals surface area contributed by atoms with Crippen molar-refractivity contribution in [1.82, 2.24) is 30.3 Å². The minimum absolute atomic E-state index is 0.0342. The fraction of sp³-hybridized carbons (Fsp3) is 0.543. The molecule has 1 amide bonds. The third-order valence-corrected chi connectivity index (χ3v) is 8.84. The van der Waals surface area contributed by atoms with E-state index < -0.39 is 34.6 Å². The van der Waals surface area contributed by atoms with Gasteiger partial charge >= 0.3 is 11.9 Å². The summed E-state index contributed by atoms with van der Waals surface area (Å²) in [5.74, 6) is -2.29. The largest absolute Gasteiger partial charge is 0.480 e. The molecule has 0 spiro atoms. The Morgan fingerprint density at radius 3 is 2.40 bits per heavy atom. The van der Waals surface area contributed by atoms with Crippen molar-refractivity contribution in [3.63, 3.8) is 0 Å². The Balaban J connectivity index is 1.10. The van der Waals surface area contributed by atoms with Gasteiger partial charge < -0.3 is 36.2 Å². The van der Waals surface area contributed by atoms with Gasteiger partial charge in [0.15, 0.2) is 11.2 Å². The van der Waals surface area contributed by atoms with E-state index >= 15 is 0 Å². The molecular formula is C35H48N8O9. The van der Waals surface area contributed by atoms with Crippen LogP contribution in [0.3, 0.4) is 0 Å². The van der Waals surface area contributed by atoms with Crippen molar-refractivity contribution in [2.45, 2.75) is 96.3 Å². The number of aromatic amines is 1. The zero-order valence-corrected chi connectivity index (χ0v) is 29.9. The van der Waals surface area contributed by atoms with Crippen molar-refractivity contribution in [2.24, 2.45) is 5.92 Å². The first kappa shape index (κ1) is 39.8. The lowest BCUT2D eigenvalue weighted by molar-refractivity contribution is -0.251. The van der Waals surface area contributed by atoms with E-state index in [-0.39, 0.29) is 92.4 Å². The molecule has 2 aromatic heterocycles. The van der Waals surface area contributed by atoms with Crippen LogP contribution < -0.4 is 21.9 Å². The number of amides is 1. The predicted octanol–water partition coefficient (Wildman–Crippen LogP) is 2.83. The number of nitrogens with zero attached hydrogens (tertiary/aromatic N) is 4. The lowest BCUT2D eigenvalue weighted by Crippen LogP contribution is -2.59.